The minimum Gasteiger partial charge on any atom is -0.374 e. The fraction of sp³-hybridized carbons (Fsp3) is 1.00. The summed E-state index contributed by atoms with van der Waals surface area (Å²) in [6, 6.07) is 0. The molecule has 6 fully saturated rings. The molecule has 2 saturated heterocycles. The second kappa shape index (κ2) is 6.60. The van der Waals surface area contributed by atoms with Gasteiger partial charge in [0.1, 0.15) is 0 Å². The summed E-state index contributed by atoms with van der Waals surface area (Å²) in [4.78, 5) is 0. The van der Waals surface area contributed by atoms with Crippen LogP contribution in [0.5, 0.6) is 0 Å². The van der Waals surface area contributed by atoms with Crippen molar-refractivity contribution in [2.45, 2.75) is 103 Å². The highest BCUT2D eigenvalue weighted by Crippen LogP contribution is 2.51. The van der Waals surface area contributed by atoms with Crippen LogP contribution in [0.25, 0.3) is 0 Å². The Hall–Kier alpha value is -0.0400. The van der Waals surface area contributed by atoms with E-state index >= 15 is 0 Å². The Morgan fingerprint density at radius 1 is 0.542 bits per heavy atom. The number of rotatable bonds is 2. The molecule has 7 atom stereocenters. The van der Waals surface area contributed by atoms with Crippen LogP contribution in [0.1, 0.15) is 90.4 Å². The highest BCUT2D eigenvalue weighted by atomic mass is 16.5. The molecule has 136 valence electrons. The summed E-state index contributed by atoms with van der Waals surface area (Å²) in [5.74, 6) is 7.35. The van der Waals surface area contributed by atoms with Gasteiger partial charge in [-0.1, -0.05) is 13.3 Å². The molecule has 0 aromatic rings. The molecule has 2 heterocycles. The smallest absolute Gasteiger partial charge is 0.0634 e. The number of ether oxygens (including phenoxy) is 1. The van der Waals surface area contributed by atoms with Crippen molar-refractivity contribution in [2.75, 3.05) is 0 Å². The van der Waals surface area contributed by atoms with Gasteiger partial charge in [-0.05, 0) is 112 Å². The van der Waals surface area contributed by atoms with Crippen molar-refractivity contribution in [2.24, 2.45) is 41.4 Å². The Morgan fingerprint density at radius 2 is 1.12 bits per heavy atom. The van der Waals surface area contributed by atoms with E-state index in [1.54, 1.807) is 44.9 Å². The third-order valence-electron chi connectivity index (χ3n) is 9.17. The molecule has 0 amide bonds. The average molecular weight is 331 g/mol. The van der Waals surface area contributed by atoms with E-state index in [0.717, 1.165) is 41.4 Å². The van der Waals surface area contributed by atoms with Crippen LogP contribution in [0.4, 0.5) is 0 Å². The maximum atomic E-state index is 6.05. The SMILES string of the molecule is CC1CCC2CC(C3CCC(C4CCC5CC4O5)CC3)CCC2C1. The minimum atomic E-state index is 0.663. The maximum absolute atomic E-state index is 6.05. The highest BCUT2D eigenvalue weighted by Gasteiger charge is 2.45. The standard InChI is InChI=1S/C23H38O/c1-15-2-3-20-13-19(9-8-18(20)12-15)16-4-6-17(7-5-16)22-11-10-21-14-23(22)24-21/h15-23H,2-14H2,1H3. The van der Waals surface area contributed by atoms with Gasteiger partial charge in [-0.15, -0.1) is 0 Å². The van der Waals surface area contributed by atoms with Gasteiger partial charge in [-0.25, -0.2) is 0 Å². The van der Waals surface area contributed by atoms with Gasteiger partial charge in [-0.2, -0.15) is 0 Å². The molecule has 0 spiro atoms. The van der Waals surface area contributed by atoms with E-state index in [-0.39, 0.29) is 0 Å². The maximum Gasteiger partial charge on any atom is 0.0634 e. The normalized spacial score (nSPS) is 54.6. The molecule has 6 aliphatic rings. The van der Waals surface area contributed by atoms with Crippen LogP contribution in [-0.2, 0) is 4.74 Å². The van der Waals surface area contributed by atoms with Crippen LogP contribution < -0.4 is 0 Å². The van der Waals surface area contributed by atoms with E-state index in [4.69, 9.17) is 4.74 Å². The van der Waals surface area contributed by atoms with Gasteiger partial charge in [0.15, 0.2) is 0 Å². The molecule has 1 heteroatoms. The second-order valence-corrected chi connectivity index (χ2v) is 10.5. The summed E-state index contributed by atoms with van der Waals surface area (Å²) in [5.41, 5.74) is 0. The molecule has 0 radical (unpaired) electrons. The summed E-state index contributed by atoms with van der Waals surface area (Å²) in [6.07, 6.45) is 21.1. The zero-order valence-electron chi connectivity index (χ0n) is 15.8. The van der Waals surface area contributed by atoms with Crippen molar-refractivity contribution in [3.8, 4) is 0 Å². The van der Waals surface area contributed by atoms with Crippen LogP contribution in [0.2, 0.25) is 0 Å². The molecule has 4 saturated carbocycles. The third kappa shape index (κ3) is 2.97. The quantitative estimate of drug-likeness (QED) is 0.584. The van der Waals surface area contributed by atoms with Crippen molar-refractivity contribution >= 4 is 0 Å². The van der Waals surface area contributed by atoms with E-state index < -0.39 is 0 Å². The summed E-state index contributed by atoms with van der Waals surface area (Å²) in [6.45, 7) is 2.49. The summed E-state index contributed by atoms with van der Waals surface area (Å²) in [7, 11) is 0. The topological polar surface area (TPSA) is 9.23 Å². The molecule has 7 unspecified atom stereocenters. The number of hydrogen-bond donors (Lipinski definition) is 0. The molecule has 2 bridgehead atoms. The van der Waals surface area contributed by atoms with Crippen molar-refractivity contribution in [1.29, 1.82) is 0 Å². The summed E-state index contributed by atoms with van der Waals surface area (Å²) < 4.78 is 6.05. The van der Waals surface area contributed by atoms with E-state index in [2.05, 4.69) is 6.92 Å². The van der Waals surface area contributed by atoms with Crippen molar-refractivity contribution < 1.29 is 4.74 Å². The zero-order chi connectivity index (χ0) is 16.1. The van der Waals surface area contributed by atoms with E-state index in [1.165, 1.54) is 38.5 Å². The Morgan fingerprint density at radius 3 is 1.83 bits per heavy atom. The lowest BCUT2D eigenvalue weighted by molar-refractivity contribution is -0.198. The first kappa shape index (κ1) is 16.2. The average Bonchev–Trinajstić information content (AvgIpc) is 2.61. The lowest BCUT2D eigenvalue weighted by atomic mass is 9.60. The minimum absolute atomic E-state index is 0.663. The molecule has 6 rings (SSSR count). The lowest BCUT2D eigenvalue weighted by Gasteiger charge is -2.51. The molecule has 24 heavy (non-hydrogen) atoms. The molecule has 1 nitrogen and oxygen atoms in total. The first-order valence-electron chi connectivity index (χ1n) is 11.4. The molecule has 0 aromatic heterocycles. The molecular weight excluding hydrogens is 292 g/mol. The van der Waals surface area contributed by atoms with Gasteiger partial charge in [-0.3, -0.25) is 0 Å². The van der Waals surface area contributed by atoms with Crippen LogP contribution in [0.3, 0.4) is 0 Å². The molecule has 0 aromatic carbocycles. The number of fused-ring (bicyclic) bond motifs is 3. The van der Waals surface area contributed by atoms with Gasteiger partial charge < -0.3 is 4.74 Å². The highest BCUT2D eigenvalue weighted by molar-refractivity contribution is 4.95. The Balaban J connectivity index is 1.13. The van der Waals surface area contributed by atoms with Crippen LogP contribution >= 0.6 is 0 Å². The largest absolute Gasteiger partial charge is 0.374 e. The Labute approximate surface area is 149 Å². The predicted molar refractivity (Wildman–Crippen MR) is 98.8 cm³/mol. The molecule has 4 aliphatic carbocycles. The van der Waals surface area contributed by atoms with Gasteiger partial charge >= 0.3 is 0 Å². The van der Waals surface area contributed by atoms with E-state index in [9.17, 15) is 0 Å². The first-order chi connectivity index (χ1) is 11.8. The zero-order valence-corrected chi connectivity index (χ0v) is 15.8. The fourth-order valence-corrected chi connectivity index (χ4v) is 7.69. The number of hydrogen-bond acceptors (Lipinski definition) is 1. The predicted octanol–water partition coefficient (Wildman–Crippen LogP) is 6.21. The van der Waals surface area contributed by atoms with Crippen molar-refractivity contribution in [3.05, 3.63) is 0 Å². The molecule has 0 N–H and O–H groups in total. The van der Waals surface area contributed by atoms with Gasteiger partial charge in [0.2, 0.25) is 0 Å². The Bertz CT molecular complexity index is 429. The molecule has 2 aliphatic heterocycles. The first-order valence-corrected chi connectivity index (χ1v) is 11.4. The van der Waals surface area contributed by atoms with E-state index in [0.29, 0.717) is 12.2 Å². The van der Waals surface area contributed by atoms with Gasteiger partial charge in [0.25, 0.3) is 0 Å². The monoisotopic (exact) mass is 330 g/mol. The lowest BCUT2D eigenvalue weighted by Crippen LogP contribution is -2.50. The van der Waals surface area contributed by atoms with Crippen molar-refractivity contribution in [1.82, 2.24) is 0 Å². The second-order valence-electron chi connectivity index (χ2n) is 10.5. The third-order valence-corrected chi connectivity index (χ3v) is 9.17. The van der Waals surface area contributed by atoms with Gasteiger partial charge in [0, 0.05) is 6.42 Å². The van der Waals surface area contributed by atoms with Crippen LogP contribution in [-0.4, -0.2) is 12.2 Å². The van der Waals surface area contributed by atoms with Gasteiger partial charge in [0.05, 0.1) is 12.2 Å². The molecular formula is C23H38O. The Kier molecular flexibility index (Phi) is 4.44. The summed E-state index contributed by atoms with van der Waals surface area (Å²) in [5, 5.41) is 0. The van der Waals surface area contributed by atoms with Crippen LogP contribution in [0, 0.1) is 41.4 Å². The fourth-order valence-electron chi connectivity index (χ4n) is 7.69. The van der Waals surface area contributed by atoms with Crippen molar-refractivity contribution in [3.63, 3.8) is 0 Å². The summed E-state index contributed by atoms with van der Waals surface area (Å²) >= 11 is 0. The van der Waals surface area contributed by atoms with Crippen LogP contribution in [0.15, 0.2) is 0 Å². The van der Waals surface area contributed by atoms with E-state index in [1.807, 2.05) is 0 Å².